The Morgan fingerprint density at radius 2 is 2.16 bits per heavy atom. The molecule has 1 aliphatic heterocycles. The molecule has 0 unspecified atom stereocenters. The van der Waals surface area contributed by atoms with E-state index in [1.165, 1.54) is 0 Å². The summed E-state index contributed by atoms with van der Waals surface area (Å²) in [5.41, 5.74) is 0.557. The third-order valence-electron chi connectivity index (χ3n) is 3.41. The second kappa shape index (κ2) is 5.97. The van der Waals surface area contributed by atoms with Crippen molar-refractivity contribution in [2.24, 2.45) is 0 Å². The fourth-order valence-corrected chi connectivity index (χ4v) is 2.22. The third kappa shape index (κ3) is 3.20. The summed E-state index contributed by atoms with van der Waals surface area (Å²) in [5.74, 6) is 0.582. The van der Waals surface area contributed by atoms with Crippen molar-refractivity contribution < 1.29 is 4.79 Å². The summed E-state index contributed by atoms with van der Waals surface area (Å²) in [5, 5.41) is 3.01. The molecule has 1 amide bonds. The Bertz CT molecular complexity index is 431. The fourth-order valence-electron chi connectivity index (χ4n) is 2.22. The lowest BCUT2D eigenvalue weighted by atomic mass is 10.2. The number of anilines is 1. The minimum atomic E-state index is 0.0207. The molecule has 0 aromatic carbocycles. The van der Waals surface area contributed by atoms with Crippen molar-refractivity contribution in [2.45, 2.75) is 19.4 Å². The maximum atomic E-state index is 12.3. The van der Waals surface area contributed by atoms with E-state index in [2.05, 4.69) is 20.2 Å². The van der Waals surface area contributed by atoms with Crippen molar-refractivity contribution in [3.63, 3.8) is 0 Å². The number of hydrogen-bond acceptors (Lipinski definition) is 5. The normalized spacial score (nSPS) is 18.9. The van der Waals surface area contributed by atoms with Crippen LogP contribution in [0.2, 0.25) is 0 Å². The first kappa shape index (κ1) is 13.7. The van der Waals surface area contributed by atoms with E-state index in [1.807, 2.05) is 25.9 Å². The third-order valence-corrected chi connectivity index (χ3v) is 3.41. The topological polar surface area (TPSA) is 61.4 Å². The molecule has 6 heteroatoms. The fraction of sp³-hybridized carbons (Fsp3) is 0.615. The number of aromatic nitrogens is 2. The number of likely N-dealkylation sites (tertiary alicyclic amines) is 1. The lowest BCUT2D eigenvalue weighted by molar-refractivity contribution is 0.0782. The first-order valence-electron chi connectivity index (χ1n) is 6.63. The van der Waals surface area contributed by atoms with Crippen LogP contribution in [-0.2, 0) is 0 Å². The van der Waals surface area contributed by atoms with Crippen molar-refractivity contribution >= 4 is 11.9 Å². The number of carbonyl (C=O) groups is 1. The van der Waals surface area contributed by atoms with Gasteiger partial charge in [-0.3, -0.25) is 4.79 Å². The van der Waals surface area contributed by atoms with Crippen molar-refractivity contribution in [3.8, 4) is 0 Å². The van der Waals surface area contributed by atoms with Gasteiger partial charge in [-0.15, -0.1) is 0 Å². The van der Waals surface area contributed by atoms with E-state index in [9.17, 15) is 4.79 Å². The van der Waals surface area contributed by atoms with E-state index in [0.717, 1.165) is 26.1 Å². The lowest BCUT2D eigenvalue weighted by Crippen LogP contribution is -2.34. The van der Waals surface area contributed by atoms with Crippen LogP contribution in [0.5, 0.6) is 0 Å². The number of nitrogens with zero attached hydrogens (tertiary/aromatic N) is 4. The summed E-state index contributed by atoms with van der Waals surface area (Å²) >= 11 is 0. The Morgan fingerprint density at radius 1 is 1.47 bits per heavy atom. The van der Waals surface area contributed by atoms with Crippen LogP contribution in [0.1, 0.15) is 23.7 Å². The van der Waals surface area contributed by atoms with Crippen molar-refractivity contribution in [1.82, 2.24) is 19.8 Å². The number of nitrogens with one attached hydrogen (secondary N) is 1. The summed E-state index contributed by atoms with van der Waals surface area (Å²) in [6.07, 6.45) is 4.21. The smallest absolute Gasteiger partial charge is 0.257 e. The van der Waals surface area contributed by atoms with Crippen LogP contribution in [0.15, 0.2) is 12.4 Å². The van der Waals surface area contributed by atoms with Gasteiger partial charge in [0.15, 0.2) is 0 Å². The Morgan fingerprint density at radius 3 is 2.68 bits per heavy atom. The molecule has 19 heavy (non-hydrogen) atoms. The maximum absolute atomic E-state index is 12.3. The van der Waals surface area contributed by atoms with Crippen LogP contribution >= 0.6 is 0 Å². The van der Waals surface area contributed by atoms with E-state index in [4.69, 9.17) is 0 Å². The monoisotopic (exact) mass is 263 g/mol. The molecule has 2 heterocycles. The molecular weight excluding hydrogens is 242 g/mol. The predicted octanol–water partition coefficient (Wildman–Crippen LogP) is 0.684. The molecule has 1 saturated heterocycles. The Kier molecular flexibility index (Phi) is 4.31. The Hall–Kier alpha value is -1.69. The van der Waals surface area contributed by atoms with Gasteiger partial charge in [0, 0.05) is 38.1 Å². The molecule has 0 bridgehead atoms. The highest BCUT2D eigenvalue weighted by Gasteiger charge is 2.28. The van der Waals surface area contributed by atoms with Gasteiger partial charge in [0.25, 0.3) is 5.91 Å². The summed E-state index contributed by atoms with van der Waals surface area (Å²) in [6, 6.07) is 0.450. The second-order valence-electron chi connectivity index (χ2n) is 4.98. The number of amides is 1. The lowest BCUT2D eigenvalue weighted by Gasteiger charge is -2.20. The molecular formula is C13H21N5O. The number of carbonyl (C=O) groups excluding carboxylic acids is 1. The molecule has 2 rings (SSSR count). The molecule has 1 aromatic rings. The summed E-state index contributed by atoms with van der Waals surface area (Å²) in [7, 11) is 4.10. The molecule has 0 radical (unpaired) electrons. The van der Waals surface area contributed by atoms with Crippen molar-refractivity contribution in [1.29, 1.82) is 0 Å². The number of likely N-dealkylation sites (N-methyl/N-ethyl adjacent to an activating group) is 1. The van der Waals surface area contributed by atoms with E-state index in [-0.39, 0.29) is 5.91 Å². The molecule has 0 saturated carbocycles. The van der Waals surface area contributed by atoms with Crippen LogP contribution < -0.4 is 5.32 Å². The highest BCUT2D eigenvalue weighted by Crippen LogP contribution is 2.16. The van der Waals surface area contributed by atoms with Crippen molar-refractivity contribution in [3.05, 3.63) is 18.0 Å². The van der Waals surface area contributed by atoms with E-state index >= 15 is 0 Å². The first-order chi connectivity index (χ1) is 9.11. The van der Waals surface area contributed by atoms with Gasteiger partial charge < -0.3 is 15.1 Å². The quantitative estimate of drug-likeness (QED) is 0.866. The first-order valence-corrected chi connectivity index (χ1v) is 6.63. The highest BCUT2D eigenvalue weighted by atomic mass is 16.2. The van der Waals surface area contributed by atoms with Crippen LogP contribution in [0.25, 0.3) is 0 Å². The number of rotatable bonds is 4. The highest BCUT2D eigenvalue weighted by molar-refractivity contribution is 5.93. The Labute approximate surface area is 113 Å². The zero-order valence-corrected chi connectivity index (χ0v) is 11.8. The van der Waals surface area contributed by atoms with Gasteiger partial charge in [-0.2, -0.15) is 0 Å². The standard InChI is InChI=1S/C13H21N5O/c1-4-14-13-15-7-10(8-16-13)12(19)18-6-5-11(9-18)17(2)3/h7-8,11H,4-6,9H2,1-3H3,(H,14,15,16)/t11-/m0/s1. The van der Waals surface area contributed by atoms with E-state index in [1.54, 1.807) is 12.4 Å². The largest absolute Gasteiger partial charge is 0.355 e. The van der Waals surface area contributed by atoms with Gasteiger partial charge in [0.05, 0.1) is 5.56 Å². The molecule has 104 valence electrons. The summed E-state index contributed by atoms with van der Waals surface area (Å²) in [4.78, 5) is 24.6. The van der Waals surface area contributed by atoms with E-state index in [0.29, 0.717) is 17.6 Å². The SMILES string of the molecule is CCNc1ncc(C(=O)N2CC[C@H](N(C)C)C2)cn1. The molecule has 0 spiro atoms. The molecule has 1 aliphatic rings. The average Bonchev–Trinajstić information content (AvgIpc) is 2.89. The van der Waals surface area contributed by atoms with Crippen LogP contribution in [-0.4, -0.2) is 65.4 Å². The van der Waals surface area contributed by atoms with Gasteiger partial charge in [-0.25, -0.2) is 9.97 Å². The van der Waals surface area contributed by atoms with Gasteiger partial charge >= 0.3 is 0 Å². The zero-order chi connectivity index (χ0) is 13.8. The molecule has 1 N–H and O–H groups in total. The van der Waals surface area contributed by atoms with Gasteiger partial charge in [0.2, 0.25) is 5.95 Å². The van der Waals surface area contributed by atoms with Gasteiger partial charge in [-0.05, 0) is 27.4 Å². The van der Waals surface area contributed by atoms with Crippen LogP contribution in [0, 0.1) is 0 Å². The second-order valence-corrected chi connectivity index (χ2v) is 4.98. The summed E-state index contributed by atoms with van der Waals surface area (Å²) in [6.45, 7) is 4.33. The molecule has 1 aromatic heterocycles. The van der Waals surface area contributed by atoms with Crippen LogP contribution in [0.4, 0.5) is 5.95 Å². The molecule has 6 nitrogen and oxygen atoms in total. The van der Waals surface area contributed by atoms with E-state index < -0.39 is 0 Å². The minimum Gasteiger partial charge on any atom is -0.355 e. The molecule has 1 atom stereocenters. The maximum Gasteiger partial charge on any atom is 0.257 e. The molecule has 0 aliphatic carbocycles. The minimum absolute atomic E-state index is 0.0207. The average molecular weight is 263 g/mol. The van der Waals surface area contributed by atoms with Gasteiger partial charge in [0.1, 0.15) is 0 Å². The zero-order valence-electron chi connectivity index (χ0n) is 11.8. The summed E-state index contributed by atoms with van der Waals surface area (Å²) < 4.78 is 0. The van der Waals surface area contributed by atoms with Crippen LogP contribution in [0.3, 0.4) is 0 Å². The van der Waals surface area contributed by atoms with Crippen molar-refractivity contribution in [2.75, 3.05) is 39.0 Å². The Balaban J connectivity index is 2.00. The van der Waals surface area contributed by atoms with Gasteiger partial charge in [-0.1, -0.05) is 0 Å². The predicted molar refractivity (Wildman–Crippen MR) is 74.2 cm³/mol. The molecule has 1 fully saturated rings. The number of hydrogen-bond donors (Lipinski definition) is 1.